The maximum atomic E-state index is 15.4. The highest BCUT2D eigenvalue weighted by Gasteiger charge is 2.44. The topological polar surface area (TPSA) is 96.4 Å². The first kappa shape index (κ1) is 32.6. The van der Waals surface area contributed by atoms with Gasteiger partial charge in [-0.05, 0) is 55.2 Å². The fourth-order valence-electron chi connectivity index (χ4n) is 7.11. The predicted molar refractivity (Wildman–Crippen MR) is 183 cm³/mol. The molecule has 3 atom stereocenters. The first-order chi connectivity index (χ1) is 22.0. The summed E-state index contributed by atoms with van der Waals surface area (Å²) >= 11 is 1.44. The molecule has 6 rings (SSSR count). The number of thioether (sulfide) groups is 1. The van der Waals surface area contributed by atoms with Crippen molar-refractivity contribution in [3.8, 4) is 0 Å². The third-order valence-corrected chi connectivity index (χ3v) is 11.2. The third-order valence-electron chi connectivity index (χ3n) is 9.76. The summed E-state index contributed by atoms with van der Waals surface area (Å²) in [5.41, 5.74) is 3.14. The molecule has 4 amide bonds. The smallest absolute Gasteiger partial charge is 0.322 e. The summed E-state index contributed by atoms with van der Waals surface area (Å²) in [7, 11) is 0. The molecule has 0 aromatic heterocycles. The van der Waals surface area contributed by atoms with Gasteiger partial charge in [0.05, 0.1) is 17.0 Å². The van der Waals surface area contributed by atoms with Gasteiger partial charge in [0, 0.05) is 65.8 Å². The van der Waals surface area contributed by atoms with Crippen molar-refractivity contribution >= 4 is 41.0 Å². The summed E-state index contributed by atoms with van der Waals surface area (Å²) in [4.78, 5) is 48.1. The zero-order valence-corrected chi connectivity index (χ0v) is 27.9. The van der Waals surface area contributed by atoms with E-state index in [9.17, 15) is 19.5 Å². The van der Waals surface area contributed by atoms with E-state index in [1.807, 2.05) is 49.9 Å². The van der Waals surface area contributed by atoms with Crippen LogP contribution in [0.15, 0.2) is 42.5 Å². The van der Waals surface area contributed by atoms with Crippen LogP contribution in [-0.4, -0.2) is 94.3 Å². The van der Waals surface area contributed by atoms with Gasteiger partial charge in [0.15, 0.2) is 0 Å². The molecule has 4 aliphatic rings. The zero-order valence-electron chi connectivity index (χ0n) is 27.1. The predicted octanol–water partition coefficient (Wildman–Crippen LogP) is 5.74. The largest absolute Gasteiger partial charge is 0.391 e. The number of benzene rings is 2. The molecule has 0 bridgehead atoms. The van der Waals surface area contributed by atoms with E-state index in [0.29, 0.717) is 64.2 Å². The van der Waals surface area contributed by atoms with Crippen molar-refractivity contribution in [3.05, 3.63) is 59.4 Å². The summed E-state index contributed by atoms with van der Waals surface area (Å²) in [5.74, 6) is -0.504. The van der Waals surface area contributed by atoms with Crippen LogP contribution in [0, 0.1) is 11.2 Å². The number of likely N-dealkylation sites (tertiary alicyclic amines) is 1. The van der Waals surface area contributed by atoms with Gasteiger partial charge in [-0.25, -0.2) is 9.18 Å². The number of halogens is 1. The van der Waals surface area contributed by atoms with Crippen molar-refractivity contribution in [2.45, 2.75) is 82.1 Å². The molecule has 3 fully saturated rings. The Morgan fingerprint density at radius 2 is 1.80 bits per heavy atom. The van der Waals surface area contributed by atoms with E-state index >= 15 is 4.39 Å². The summed E-state index contributed by atoms with van der Waals surface area (Å²) in [6.07, 6.45) is 3.08. The molecule has 4 aliphatic heterocycles. The lowest BCUT2D eigenvalue weighted by Crippen LogP contribution is -2.50. The second-order valence-electron chi connectivity index (χ2n) is 14.2. The first-order valence-electron chi connectivity index (χ1n) is 16.6. The Labute approximate surface area is 278 Å². The normalized spacial score (nSPS) is 24.3. The number of amides is 4. The number of nitrogens with one attached hydrogen (secondary N) is 1. The highest BCUT2D eigenvalue weighted by molar-refractivity contribution is 8.01. The van der Waals surface area contributed by atoms with Gasteiger partial charge in [0.1, 0.15) is 11.2 Å². The number of hydrogen-bond acceptors (Lipinski definition) is 6. The maximum Gasteiger partial charge on any atom is 0.322 e. The molecule has 2 N–H and O–H groups in total. The quantitative estimate of drug-likeness (QED) is 0.395. The molecule has 11 heteroatoms. The summed E-state index contributed by atoms with van der Waals surface area (Å²) < 4.78 is 15.4. The van der Waals surface area contributed by atoms with Gasteiger partial charge in [-0.2, -0.15) is 0 Å². The average Bonchev–Trinajstić information content (AvgIpc) is 3.53. The number of hydrogen-bond donors (Lipinski definition) is 2. The van der Waals surface area contributed by atoms with Crippen LogP contribution in [0.5, 0.6) is 0 Å². The molecular weight excluding hydrogens is 605 g/mol. The molecule has 0 spiro atoms. The molecule has 3 saturated heterocycles. The van der Waals surface area contributed by atoms with E-state index in [4.69, 9.17) is 0 Å². The van der Waals surface area contributed by atoms with Crippen LogP contribution in [0.4, 0.5) is 20.6 Å². The van der Waals surface area contributed by atoms with Crippen LogP contribution in [0.25, 0.3) is 0 Å². The maximum absolute atomic E-state index is 15.4. The highest BCUT2D eigenvalue weighted by atomic mass is 32.2. The van der Waals surface area contributed by atoms with E-state index in [-0.39, 0.29) is 44.4 Å². The second kappa shape index (κ2) is 13.4. The lowest BCUT2D eigenvalue weighted by Gasteiger charge is -2.38. The summed E-state index contributed by atoms with van der Waals surface area (Å²) in [6.45, 7) is 9.52. The van der Waals surface area contributed by atoms with Crippen LogP contribution < -0.4 is 10.2 Å². The fourth-order valence-corrected chi connectivity index (χ4v) is 8.61. The van der Waals surface area contributed by atoms with Crippen molar-refractivity contribution < 1.29 is 26.7 Å². The number of urea groups is 1. The van der Waals surface area contributed by atoms with E-state index in [1.165, 1.54) is 17.8 Å². The minimum Gasteiger partial charge on any atom is -0.391 e. The Hall–Kier alpha value is -3.31. The molecule has 252 valence electrons. The molecule has 0 radical (unpaired) electrons. The Morgan fingerprint density at radius 1 is 1.04 bits per heavy atom. The highest BCUT2D eigenvalue weighted by Crippen LogP contribution is 2.48. The molecular formula is C35H50FN5O4S. The van der Waals surface area contributed by atoms with Crippen LogP contribution in [0.1, 0.15) is 72.2 Å². The Bertz CT molecular complexity index is 1470. The van der Waals surface area contributed by atoms with Crippen LogP contribution >= 0.6 is 11.8 Å². The van der Waals surface area contributed by atoms with Crippen molar-refractivity contribution in [2.24, 2.45) is 5.41 Å². The zero-order chi connectivity index (χ0) is 32.6. The van der Waals surface area contributed by atoms with E-state index in [2.05, 4.69) is 26.1 Å². The average molecular weight is 656 g/mol. The SMILES string of the molecule is CC(C)(C)CCN1C(=O)[C@H](CC(=O)N2CCC(N3CCc4ccccc4NC3=O)CC2)SC1c1cccc(F)c1N1CCC(O)C1.[HH].[HH]. The number of para-hydroxylation sites is 2. The number of nitrogens with zero attached hydrogens (tertiary/aromatic N) is 4. The van der Waals surface area contributed by atoms with Crippen LogP contribution in [-0.2, 0) is 16.0 Å². The molecule has 0 saturated carbocycles. The minimum absolute atomic E-state index is 0. The molecule has 0 aliphatic carbocycles. The van der Waals surface area contributed by atoms with Gasteiger partial charge in [0.25, 0.3) is 0 Å². The standard InChI is InChI=1S/C35H46FN5O4S.2H2/c1-35(2,3)15-20-41-32(44)29(46-33(41)26-8-6-9-27(36)31(26)39-18-14-25(42)22-39)21-30(43)38-16-12-24(13-17-38)40-19-11-23-7-4-5-10-28(23)37-34(40)45;;/h4-10,24-25,29,33,42H,11-22H2,1-3H3,(H,37,45);2*1H/t25?,29-,33?;;/m0../s1. The fraction of sp³-hybridized carbons (Fsp3) is 0.571. The summed E-state index contributed by atoms with van der Waals surface area (Å²) in [5, 5.41) is 12.3. The van der Waals surface area contributed by atoms with E-state index < -0.39 is 16.7 Å². The number of piperidine rings is 1. The van der Waals surface area contributed by atoms with Gasteiger partial charge in [0.2, 0.25) is 11.8 Å². The number of carbonyl (C=O) groups is 3. The van der Waals surface area contributed by atoms with Gasteiger partial charge in [-0.1, -0.05) is 51.1 Å². The number of carbonyl (C=O) groups excluding carboxylic acids is 3. The van der Waals surface area contributed by atoms with Crippen LogP contribution in [0.3, 0.4) is 0 Å². The number of anilines is 2. The molecule has 2 unspecified atom stereocenters. The molecule has 46 heavy (non-hydrogen) atoms. The first-order valence-corrected chi connectivity index (χ1v) is 17.5. The van der Waals surface area contributed by atoms with Crippen molar-refractivity contribution in [2.75, 3.05) is 49.5 Å². The molecule has 2 aromatic rings. The monoisotopic (exact) mass is 655 g/mol. The number of aliphatic hydroxyl groups is 1. The third kappa shape index (κ3) is 7.00. The Morgan fingerprint density at radius 3 is 2.52 bits per heavy atom. The number of β-amino-alcohol motifs (C(OH)–C–C–N with tert-alkyl or cyclic N) is 1. The lowest BCUT2D eigenvalue weighted by atomic mass is 9.92. The van der Waals surface area contributed by atoms with Gasteiger partial charge in [-0.3, -0.25) is 9.59 Å². The number of rotatable bonds is 7. The van der Waals surface area contributed by atoms with Gasteiger partial charge < -0.3 is 30.0 Å². The molecule has 2 aromatic carbocycles. The van der Waals surface area contributed by atoms with Gasteiger partial charge >= 0.3 is 6.03 Å². The van der Waals surface area contributed by atoms with Gasteiger partial charge in [-0.15, -0.1) is 11.8 Å². The van der Waals surface area contributed by atoms with E-state index in [1.54, 1.807) is 6.07 Å². The number of aliphatic hydroxyl groups excluding tert-OH is 1. The van der Waals surface area contributed by atoms with Crippen molar-refractivity contribution in [3.63, 3.8) is 0 Å². The lowest BCUT2D eigenvalue weighted by molar-refractivity contribution is -0.137. The second-order valence-corrected chi connectivity index (χ2v) is 15.5. The Kier molecular flexibility index (Phi) is 9.53. The van der Waals surface area contributed by atoms with Crippen molar-refractivity contribution in [1.82, 2.24) is 14.7 Å². The number of fused-ring (bicyclic) bond motifs is 1. The molecule has 4 heterocycles. The Balaban J connectivity index is 0.00000260. The minimum atomic E-state index is -0.564. The van der Waals surface area contributed by atoms with E-state index in [0.717, 1.165) is 29.7 Å². The van der Waals surface area contributed by atoms with Crippen molar-refractivity contribution in [1.29, 1.82) is 0 Å². The van der Waals surface area contributed by atoms with Crippen LogP contribution in [0.2, 0.25) is 0 Å². The molecule has 9 nitrogen and oxygen atoms in total. The summed E-state index contributed by atoms with van der Waals surface area (Å²) in [6, 6.07) is 12.8.